The second-order valence-electron chi connectivity index (χ2n) is 10.5. The average Bonchev–Trinajstić information content (AvgIpc) is 2.85. The molecular weight excluding hydrogens is 459 g/mol. The van der Waals surface area contributed by atoms with Crippen LogP contribution >= 0.6 is 0 Å². The summed E-state index contributed by atoms with van der Waals surface area (Å²) in [6.07, 6.45) is 6.02. The van der Waals surface area contributed by atoms with Gasteiger partial charge in [0, 0.05) is 42.8 Å². The van der Waals surface area contributed by atoms with Crippen molar-refractivity contribution in [2.24, 2.45) is 0 Å². The number of pyridine rings is 2. The van der Waals surface area contributed by atoms with Crippen LogP contribution in [0.15, 0.2) is 30.7 Å². The molecule has 2 atom stereocenters. The summed E-state index contributed by atoms with van der Waals surface area (Å²) >= 11 is 0. The van der Waals surface area contributed by atoms with Gasteiger partial charge < -0.3 is 20.2 Å². The number of hydrogen-bond donors (Lipinski definition) is 2. The van der Waals surface area contributed by atoms with Crippen LogP contribution in [0.5, 0.6) is 0 Å². The molecule has 0 bridgehead atoms. The van der Waals surface area contributed by atoms with E-state index in [0.717, 1.165) is 48.3 Å². The predicted octanol–water partition coefficient (Wildman–Crippen LogP) is 3.69. The van der Waals surface area contributed by atoms with Gasteiger partial charge in [0.15, 0.2) is 5.67 Å². The van der Waals surface area contributed by atoms with Crippen LogP contribution in [-0.2, 0) is 0 Å². The smallest absolute Gasteiger partial charge is 0.227 e. The second kappa shape index (κ2) is 9.74. The van der Waals surface area contributed by atoms with Crippen molar-refractivity contribution in [2.45, 2.75) is 51.3 Å². The SMILES string of the molecule is CC(C)c1ncc(N2CCCN(C)C2)c2cnc(Nc3ccnc(N4CC[C@@H](O)[C@@](C)(F)C4)n3)cc12. The summed E-state index contributed by atoms with van der Waals surface area (Å²) in [6, 6.07) is 3.80. The van der Waals surface area contributed by atoms with Gasteiger partial charge in [-0.15, -0.1) is 0 Å². The molecule has 0 unspecified atom stereocenters. The third-order valence-electron chi connectivity index (χ3n) is 7.10. The number of aliphatic hydroxyl groups is 1. The van der Waals surface area contributed by atoms with Crippen molar-refractivity contribution in [3.63, 3.8) is 0 Å². The molecule has 2 aliphatic heterocycles. The van der Waals surface area contributed by atoms with E-state index in [1.807, 2.05) is 18.5 Å². The highest BCUT2D eigenvalue weighted by Gasteiger charge is 2.39. The number of hydrogen-bond acceptors (Lipinski definition) is 9. The maximum absolute atomic E-state index is 14.7. The molecular formula is C26H35FN8O. The fraction of sp³-hybridized carbons (Fsp3) is 0.538. The highest BCUT2D eigenvalue weighted by molar-refractivity contribution is 5.96. The van der Waals surface area contributed by atoms with Gasteiger partial charge in [-0.25, -0.2) is 14.4 Å². The molecule has 36 heavy (non-hydrogen) atoms. The summed E-state index contributed by atoms with van der Waals surface area (Å²) in [7, 11) is 2.14. The maximum Gasteiger partial charge on any atom is 0.227 e. The van der Waals surface area contributed by atoms with Gasteiger partial charge in [0.2, 0.25) is 5.95 Å². The monoisotopic (exact) mass is 494 g/mol. The van der Waals surface area contributed by atoms with Crippen LogP contribution in [0.3, 0.4) is 0 Å². The maximum atomic E-state index is 14.7. The number of halogens is 1. The minimum Gasteiger partial charge on any atom is -0.390 e. The van der Waals surface area contributed by atoms with Crippen LogP contribution in [0, 0.1) is 0 Å². The number of fused-ring (bicyclic) bond motifs is 1. The lowest BCUT2D eigenvalue weighted by Gasteiger charge is -2.38. The minimum atomic E-state index is -1.70. The summed E-state index contributed by atoms with van der Waals surface area (Å²) < 4.78 is 14.7. The Balaban J connectivity index is 1.44. The topological polar surface area (TPSA) is 93.5 Å². The number of anilines is 4. The summed E-state index contributed by atoms with van der Waals surface area (Å²) in [5, 5.41) is 15.4. The molecule has 192 valence electrons. The van der Waals surface area contributed by atoms with Crippen molar-refractivity contribution >= 4 is 34.0 Å². The number of aromatic nitrogens is 4. The van der Waals surface area contributed by atoms with Gasteiger partial charge in [0.05, 0.1) is 36.9 Å². The summed E-state index contributed by atoms with van der Waals surface area (Å²) in [5.74, 6) is 1.92. The van der Waals surface area contributed by atoms with Crippen molar-refractivity contribution in [3.8, 4) is 0 Å². The Morgan fingerprint density at radius 2 is 1.92 bits per heavy atom. The fourth-order valence-electron chi connectivity index (χ4n) is 5.09. The Morgan fingerprint density at radius 3 is 2.67 bits per heavy atom. The van der Waals surface area contributed by atoms with Gasteiger partial charge in [0.25, 0.3) is 0 Å². The third kappa shape index (κ3) is 4.92. The Labute approximate surface area is 211 Å². The first kappa shape index (κ1) is 24.6. The van der Waals surface area contributed by atoms with Gasteiger partial charge in [0.1, 0.15) is 11.6 Å². The lowest BCUT2D eigenvalue weighted by molar-refractivity contribution is -0.00860. The molecule has 10 heteroatoms. The number of aliphatic hydroxyl groups excluding tert-OH is 1. The summed E-state index contributed by atoms with van der Waals surface area (Å²) in [4.78, 5) is 24.9. The zero-order chi connectivity index (χ0) is 25.4. The highest BCUT2D eigenvalue weighted by Crippen LogP contribution is 2.34. The van der Waals surface area contributed by atoms with Gasteiger partial charge >= 0.3 is 0 Å². The van der Waals surface area contributed by atoms with E-state index in [-0.39, 0.29) is 12.5 Å². The van der Waals surface area contributed by atoms with E-state index in [2.05, 4.69) is 46.0 Å². The van der Waals surface area contributed by atoms with Crippen molar-refractivity contribution in [3.05, 3.63) is 36.4 Å². The van der Waals surface area contributed by atoms with E-state index >= 15 is 0 Å². The lowest BCUT2D eigenvalue weighted by atomic mass is 9.94. The Hall–Kier alpha value is -3.11. The molecule has 0 amide bonds. The molecule has 0 spiro atoms. The van der Waals surface area contributed by atoms with Crippen molar-refractivity contribution in [2.75, 3.05) is 55.0 Å². The van der Waals surface area contributed by atoms with Crippen LogP contribution in [0.1, 0.15) is 45.2 Å². The van der Waals surface area contributed by atoms with E-state index in [9.17, 15) is 9.50 Å². The molecule has 9 nitrogen and oxygen atoms in total. The summed E-state index contributed by atoms with van der Waals surface area (Å²) in [6.45, 7) is 9.22. The zero-order valence-corrected chi connectivity index (χ0v) is 21.4. The van der Waals surface area contributed by atoms with Crippen molar-refractivity contribution < 1.29 is 9.50 Å². The van der Waals surface area contributed by atoms with E-state index in [1.54, 1.807) is 17.2 Å². The van der Waals surface area contributed by atoms with E-state index in [0.29, 0.717) is 30.5 Å². The molecule has 2 fully saturated rings. The first-order valence-electron chi connectivity index (χ1n) is 12.7. The van der Waals surface area contributed by atoms with Crippen LogP contribution < -0.4 is 15.1 Å². The van der Waals surface area contributed by atoms with Gasteiger partial charge in [-0.2, -0.15) is 4.98 Å². The molecule has 0 aromatic carbocycles. The third-order valence-corrected chi connectivity index (χ3v) is 7.10. The van der Waals surface area contributed by atoms with Crippen molar-refractivity contribution in [1.29, 1.82) is 0 Å². The Kier molecular flexibility index (Phi) is 6.65. The number of rotatable bonds is 5. The molecule has 5 heterocycles. The predicted molar refractivity (Wildman–Crippen MR) is 141 cm³/mol. The molecule has 5 rings (SSSR count). The summed E-state index contributed by atoms with van der Waals surface area (Å²) in [5.41, 5.74) is 0.430. The minimum absolute atomic E-state index is 0.0454. The average molecular weight is 495 g/mol. The molecule has 0 saturated carbocycles. The van der Waals surface area contributed by atoms with Crippen LogP contribution in [0.25, 0.3) is 10.8 Å². The lowest BCUT2D eigenvalue weighted by Crippen LogP contribution is -2.52. The highest BCUT2D eigenvalue weighted by atomic mass is 19.1. The first-order chi connectivity index (χ1) is 17.2. The van der Waals surface area contributed by atoms with Crippen molar-refractivity contribution in [1.82, 2.24) is 24.8 Å². The number of nitrogens with zero attached hydrogens (tertiary/aromatic N) is 7. The normalized spacial score (nSPS) is 23.5. The molecule has 0 aliphatic carbocycles. The Morgan fingerprint density at radius 1 is 1.08 bits per heavy atom. The quantitative estimate of drug-likeness (QED) is 0.551. The fourth-order valence-corrected chi connectivity index (χ4v) is 5.09. The van der Waals surface area contributed by atoms with E-state index in [4.69, 9.17) is 9.97 Å². The molecule has 2 saturated heterocycles. The van der Waals surface area contributed by atoms with Crippen LogP contribution in [0.4, 0.5) is 27.7 Å². The molecule has 3 aromatic rings. The van der Waals surface area contributed by atoms with Gasteiger partial charge in [-0.3, -0.25) is 9.88 Å². The Bertz CT molecular complexity index is 1240. The molecule has 2 aliphatic rings. The number of piperidine rings is 1. The van der Waals surface area contributed by atoms with Gasteiger partial charge in [-0.05, 0) is 44.9 Å². The standard InChI is InChI=1S/C26H35FN8O/c1-17(2)24-18-12-23(29-13-19(18)20(14-30-24)35-10-5-9-33(4)16-35)31-22-6-8-28-25(32-22)34-11-7-21(36)26(3,27)15-34/h6,8,12-14,17,21,36H,5,7,9-11,15-16H2,1-4H3,(H,28,29,31,32)/t21-,26+/m1/s1. The second-order valence-corrected chi connectivity index (χ2v) is 10.5. The number of alkyl halides is 1. The van der Waals surface area contributed by atoms with E-state index < -0.39 is 11.8 Å². The molecule has 3 aromatic heterocycles. The van der Waals surface area contributed by atoms with Crippen LogP contribution in [-0.4, -0.2) is 81.6 Å². The molecule has 2 N–H and O–H groups in total. The molecule has 0 radical (unpaired) electrons. The van der Waals surface area contributed by atoms with Gasteiger partial charge in [-0.1, -0.05) is 13.8 Å². The zero-order valence-electron chi connectivity index (χ0n) is 21.4. The largest absolute Gasteiger partial charge is 0.390 e. The van der Waals surface area contributed by atoms with Crippen LogP contribution in [0.2, 0.25) is 0 Å². The van der Waals surface area contributed by atoms with E-state index in [1.165, 1.54) is 6.92 Å². The first-order valence-corrected chi connectivity index (χ1v) is 12.7. The number of nitrogens with one attached hydrogen (secondary N) is 1.